The number of rotatable bonds is 32. The molecule has 1 atom stereocenters. The molecule has 0 aliphatic carbocycles. The summed E-state index contributed by atoms with van der Waals surface area (Å²) in [7, 11) is 0. The van der Waals surface area contributed by atoms with Crippen LogP contribution in [0.25, 0.3) is 0 Å². The first kappa shape index (κ1) is 60.0. The first-order valence-corrected chi connectivity index (χ1v) is 22.7. The van der Waals surface area contributed by atoms with Crippen LogP contribution in [0, 0.1) is 0 Å². The van der Waals surface area contributed by atoms with E-state index in [2.05, 4.69) is 174 Å². The van der Waals surface area contributed by atoms with E-state index in [4.69, 9.17) is 9.47 Å². The van der Waals surface area contributed by atoms with Crippen LogP contribution in [-0.4, -0.2) is 48.4 Å². The van der Waals surface area contributed by atoms with Crippen LogP contribution in [0.5, 0.6) is 0 Å². The fourth-order valence-corrected chi connectivity index (χ4v) is 4.82. The number of nitrogens with one attached hydrogen (secondary N) is 1. The second-order valence-electron chi connectivity index (χ2n) is 14.2. The molecule has 0 aromatic rings. The largest absolute Gasteiger partial charge is 0.466 e. The smallest absolute Gasteiger partial charge is 0.335 e. The van der Waals surface area contributed by atoms with E-state index >= 15 is 0 Å². The molecule has 0 aromatic heterocycles. The highest BCUT2D eigenvalue weighted by molar-refractivity contribution is 5.74. The SMILES string of the molecule is CC(C)NC(C)C.CC/C=C\C/C=C\C/C=C\C/C=C\C/C=C\C/C=C\CC(O)C(=O)OCC.CC/C=C\C/C=C\C/C=C\C/C=C\C/C=C\C/C=C\CCC(=O)OCC. The number of ether oxygens (including phenoxy) is 2. The number of aliphatic hydroxyl groups is 1. The maximum absolute atomic E-state index is 11.2. The summed E-state index contributed by atoms with van der Waals surface area (Å²) in [6.45, 7) is 17.2. The van der Waals surface area contributed by atoms with E-state index in [1.54, 1.807) is 13.0 Å². The van der Waals surface area contributed by atoms with Crippen molar-refractivity contribution in [2.24, 2.45) is 0 Å². The van der Waals surface area contributed by atoms with Crippen LogP contribution in [-0.2, 0) is 19.1 Å². The van der Waals surface area contributed by atoms with Crippen LogP contribution in [0.2, 0.25) is 0 Å². The molecule has 2 N–H and O–H groups in total. The lowest BCUT2D eigenvalue weighted by Crippen LogP contribution is -2.29. The van der Waals surface area contributed by atoms with Crippen molar-refractivity contribution < 1.29 is 24.2 Å². The molecule has 0 saturated heterocycles. The number of carbonyl (C=O) groups excluding carboxylic acids is 2. The van der Waals surface area contributed by atoms with E-state index in [0.29, 0.717) is 38.1 Å². The molecule has 0 spiro atoms. The molecule has 0 bridgehead atoms. The van der Waals surface area contributed by atoms with Crippen molar-refractivity contribution in [3.05, 3.63) is 146 Å². The van der Waals surface area contributed by atoms with Crippen molar-refractivity contribution in [2.45, 2.75) is 170 Å². The highest BCUT2D eigenvalue weighted by Gasteiger charge is 2.13. The third kappa shape index (κ3) is 58.1. The van der Waals surface area contributed by atoms with Gasteiger partial charge in [-0.2, -0.15) is 0 Å². The van der Waals surface area contributed by atoms with E-state index in [9.17, 15) is 14.7 Å². The second kappa shape index (κ2) is 52.8. The highest BCUT2D eigenvalue weighted by atomic mass is 16.5. The molecule has 0 saturated carbocycles. The normalized spacial score (nSPS) is 13.2. The van der Waals surface area contributed by atoms with E-state index in [0.717, 1.165) is 83.5 Å². The lowest BCUT2D eigenvalue weighted by Gasteiger charge is -2.10. The number of esters is 2. The van der Waals surface area contributed by atoms with Gasteiger partial charge in [0.25, 0.3) is 0 Å². The Balaban J connectivity index is -0.000000933. The molecule has 0 radical (unpaired) electrons. The van der Waals surface area contributed by atoms with Gasteiger partial charge in [-0.1, -0.05) is 187 Å². The summed E-state index contributed by atoms with van der Waals surface area (Å²) in [5.41, 5.74) is 0. The Hall–Kier alpha value is -4.26. The Morgan fingerprint density at radius 2 is 0.717 bits per heavy atom. The van der Waals surface area contributed by atoms with Crippen LogP contribution in [0.3, 0.4) is 0 Å². The van der Waals surface area contributed by atoms with E-state index < -0.39 is 12.1 Å². The average Bonchev–Trinajstić information content (AvgIpc) is 3.21. The lowest BCUT2D eigenvalue weighted by molar-refractivity contribution is -0.152. The van der Waals surface area contributed by atoms with Gasteiger partial charge in [-0.15, -0.1) is 0 Å². The summed E-state index contributed by atoms with van der Waals surface area (Å²) < 4.78 is 9.61. The Morgan fingerprint density at radius 3 is 0.983 bits per heavy atom. The summed E-state index contributed by atoms with van der Waals surface area (Å²) in [5.74, 6) is -0.677. The third-order valence-corrected chi connectivity index (χ3v) is 7.60. The van der Waals surface area contributed by atoms with Gasteiger partial charge in [0, 0.05) is 24.9 Å². The highest BCUT2D eigenvalue weighted by Crippen LogP contribution is 2.01. The number of allylic oxidation sites excluding steroid dienone is 23. The molecule has 0 fully saturated rings. The average molecular weight is 830 g/mol. The molecule has 0 heterocycles. The van der Waals surface area contributed by atoms with Crippen molar-refractivity contribution in [1.29, 1.82) is 0 Å². The zero-order chi connectivity index (χ0) is 45.0. The zero-order valence-electron chi connectivity index (χ0n) is 39.2. The minimum absolute atomic E-state index is 0.118. The van der Waals surface area contributed by atoms with Gasteiger partial charge in [0.15, 0.2) is 6.10 Å². The van der Waals surface area contributed by atoms with Crippen LogP contribution in [0.15, 0.2) is 146 Å². The third-order valence-electron chi connectivity index (χ3n) is 7.60. The monoisotopic (exact) mass is 830 g/mol. The van der Waals surface area contributed by atoms with Crippen LogP contribution < -0.4 is 5.32 Å². The fourth-order valence-electron chi connectivity index (χ4n) is 4.82. The van der Waals surface area contributed by atoms with E-state index in [1.165, 1.54) is 0 Å². The Kier molecular flexibility index (Phi) is 52.8. The summed E-state index contributed by atoms with van der Waals surface area (Å²) in [6.07, 6.45) is 63.8. The van der Waals surface area contributed by atoms with Gasteiger partial charge in [0.1, 0.15) is 0 Å². The molecule has 0 aliphatic rings. The maximum atomic E-state index is 11.2. The van der Waals surface area contributed by atoms with Crippen molar-refractivity contribution in [1.82, 2.24) is 5.32 Å². The van der Waals surface area contributed by atoms with Crippen LogP contribution in [0.4, 0.5) is 0 Å². The Morgan fingerprint density at radius 1 is 0.433 bits per heavy atom. The molecule has 60 heavy (non-hydrogen) atoms. The summed E-state index contributed by atoms with van der Waals surface area (Å²) in [4.78, 5) is 22.4. The van der Waals surface area contributed by atoms with Crippen molar-refractivity contribution in [3.8, 4) is 0 Å². The predicted octanol–water partition coefficient (Wildman–Crippen LogP) is 14.4. The van der Waals surface area contributed by atoms with E-state index in [-0.39, 0.29) is 5.97 Å². The predicted molar refractivity (Wildman–Crippen MR) is 263 cm³/mol. The van der Waals surface area contributed by atoms with Gasteiger partial charge < -0.3 is 19.9 Å². The van der Waals surface area contributed by atoms with Crippen molar-refractivity contribution in [3.63, 3.8) is 0 Å². The Bertz CT molecular complexity index is 1310. The topological polar surface area (TPSA) is 84.9 Å². The summed E-state index contributed by atoms with van der Waals surface area (Å²) in [5, 5.41) is 12.8. The summed E-state index contributed by atoms with van der Waals surface area (Å²) >= 11 is 0. The standard InChI is InChI=1S/C24H36O3.C24H36O2.C6H15N/c1-3-5-6-7-8-9-10-11-12-13-14-15-16-17-18-19-20-21-22-23(25)24(26)27-4-2;1-3-5-6-7-8-9-10-11-12-13-14-15-16-17-18-19-20-21-22-23-24(25)26-4-2;1-5(2)7-6(3)4/h5-6,8-9,11-12,14-15,17-18,20-21,23,25H,3-4,7,10,13,16,19,22H2,1-2H3;5-6,8-9,11-12,14-15,17-18,20-21H,3-4,7,10,13,16,19,22-23H2,1-2H3;5-7H,1-4H3/b2*6-5-,9-8-,12-11-,15-14-,18-17-,21-20-;. The number of hydrogen-bond donors (Lipinski definition) is 2. The van der Waals surface area contributed by atoms with Crippen LogP contribution >= 0.6 is 0 Å². The second-order valence-corrected chi connectivity index (χ2v) is 14.2. The first-order chi connectivity index (χ1) is 29.2. The molecule has 6 heteroatoms. The quantitative estimate of drug-likeness (QED) is 0.0519. The molecular formula is C54H87NO5. The zero-order valence-corrected chi connectivity index (χ0v) is 39.2. The van der Waals surface area contributed by atoms with E-state index in [1.807, 2.05) is 19.1 Å². The maximum Gasteiger partial charge on any atom is 0.335 e. The number of aliphatic hydroxyl groups excluding tert-OH is 1. The van der Waals surface area contributed by atoms with Crippen LogP contribution in [0.1, 0.15) is 152 Å². The van der Waals surface area contributed by atoms with Crippen molar-refractivity contribution in [2.75, 3.05) is 13.2 Å². The van der Waals surface area contributed by atoms with Crippen molar-refractivity contribution >= 4 is 11.9 Å². The molecule has 0 aromatic carbocycles. The molecule has 1 unspecified atom stereocenters. The molecule has 6 nitrogen and oxygen atoms in total. The Labute approximate surface area is 369 Å². The fraction of sp³-hybridized carbons (Fsp3) is 0.519. The molecule has 0 aliphatic heterocycles. The van der Waals surface area contributed by atoms with Gasteiger partial charge in [-0.3, -0.25) is 4.79 Å². The molecule has 0 rings (SSSR count). The number of hydrogen-bond acceptors (Lipinski definition) is 6. The molecular weight excluding hydrogens is 743 g/mol. The first-order valence-electron chi connectivity index (χ1n) is 22.7. The van der Waals surface area contributed by atoms with Gasteiger partial charge in [0.05, 0.1) is 13.2 Å². The van der Waals surface area contributed by atoms with Gasteiger partial charge in [-0.05, 0) is 97.3 Å². The minimum Gasteiger partial charge on any atom is -0.466 e. The lowest BCUT2D eigenvalue weighted by atomic mass is 10.2. The minimum atomic E-state index is -1.06. The molecule has 0 amide bonds. The van der Waals surface area contributed by atoms with Gasteiger partial charge in [0.2, 0.25) is 0 Å². The number of carbonyl (C=O) groups is 2. The van der Waals surface area contributed by atoms with Gasteiger partial charge >= 0.3 is 11.9 Å². The summed E-state index contributed by atoms with van der Waals surface area (Å²) in [6, 6.07) is 1.25. The van der Waals surface area contributed by atoms with Gasteiger partial charge in [-0.25, -0.2) is 4.79 Å². The molecule has 338 valence electrons.